The van der Waals surface area contributed by atoms with E-state index in [-0.39, 0.29) is 18.9 Å². The number of fused-ring (bicyclic) bond motifs is 3. The van der Waals surface area contributed by atoms with Crippen LogP contribution in [0.5, 0.6) is 0 Å². The van der Waals surface area contributed by atoms with Crippen LogP contribution in [0.25, 0.3) is 11.1 Å². The summed E-state index contributed by atoms with van der Waals surface area (Å²) in [5.74, 6) is -3.82. The van der Waals surface area contributed by atoms with Crippen molar-refractivity contribution in [2.45, 2.75) is 70.2 Å². The second-order valence-electron chi connectivity index (χ2n) is 12.1. The first-order valence-corrected chi connectivity index (χ1v) is 15.0. The highest BCUT2D eigenvalue weighted by atomic mass is 16.6. The second kappa shape index (κ2) is 14.7. The average Bonchev–Trinajstić information content (AvgIpc) is 3.32. The smallest absolute Gasteiger partial charge is 0.407 e. The number of esters is 1. The number of carbonyl (C=O) groups is 5. The van der Waals surface area contributed by atoms with Gasteiger partial charge >= 0.3 is 18.0 Å². The number of carboxylic acid groups (broad SMARTS) is 1. The third-order valence-corrected chi connectivity index (χ3v) is 7.39. The van der Waals surface area contributed by atoms with Crippen molar-refractivity contribution in [3.63, 3.8) is 0 Å². The molecule has 0 spiro atoms. The molecule has 242 valence electrons. The molecule has 3 aromatic rings. The summed E-state index contributed by atoms with van der Waals surface area (Å²) in [4.78, 5) is 63.7. The van der Waals surface area contributed by atoms with Crippen LogP contribution in [0.4, 0.5) is 4.79 Å². The van der Waals surface area contributed by atoms with Gasteiger partial charge in [0, 0.05) is 12.3 Å². The van der Waals surface area contributed by atoms with E-state index >= 15 is 0 Å². The number of ether oxygens (including phenoxy) is 2. The van der Waals surface area contributed by atoms with Crippen molar-refractivity contribution in [3.8, 4) is 11.1 Å². The Balaban J connectivity index is 1.41. The number of nitrogens with one attached hydrogen (secondary N) is 3. The van der Waals surface area contributed by atoms with E-state index in [4.69, 9.17) is 9.47 Å². The molecule has 0 heterocycles. The van der Waals surface area contributed by atoms with Gasteiger partial charge in [0.15, 0.2) is 0 Å². The molecule has 11 nitrogen and oxygen atoms in total. The summed E-state index contributed by atoms with van der Waals surface area (Å²) in [7, 11) is 0. The highest BCUT2D eigenvalue weighted by molar-refractivity contribution is 5.94. The number of carbonyl (C=O) groups excluding carboxylic acids is 4. The molecule has 0 saturated carbocycles. The molecule has 0 saturated heterocycles. The Kier molecular flexibility index (Phi) is 10.8. The Hall–Kier alpha value is -5.19. The van der Waals surface area contributed by atoms with Crippen LogP contribution in [0.3, 0.4) is 0 Å². The second-order valence-corrected chi connectivity index (χ2v) is 12.1. The van der Waals surface area contributed by atoms with Crippen LogP contribution in [-0.4, -0.2) is 65.3 Å². The van der Waals surface area contributed by atoms with Crippen LogP contribution in [0.1, 0.15) is 56.7 Å². The van der Waals surface area contributed by atoms with Crippen molar-refractivity contribution in [1.82, 2.24) is 16.0 Å². The van der Waals surface area contributed by atoms with E-state index in [0.717, 1.165) is 22.3 Å². The number of aliphatic carboxylic acids is 1. The normalized spacial score (nSPS) is 14.1. The predicted octanol–water partition coefficient (Wildman–Crippen LogP) is 3.94. The fraction of sp³-hybridized carbons (Fsp3) is 0.343. The van der Waals surface area contributed by atoms with Gasteiger partial charge in [-0.05, 0) is 55.5 Å². The van der Waals surface area contributed by atoms with E-state index < -0.39 is 60.0 Å². The highest BCUT2D eigenvalue weighted by Gasteiger charge is 2.32. The number of hydrogen-bond donors (Lipinski definition) is 4. The topological polar surface area (TPSA) is 160 Å². The summed E-state index contributed by atoms with van der Waals surface area (Å²) < 4.78 is 10.9. The monoisotopic (exact) mass is 629 g/mol. The first kappa shape index (κ1) is 33.7. The molecule has 1 aliphatic carbocycles. The number of carboxylic acids is 1. The first-order valence-electron chi connectivity index (χ1n) is 15.0. The standard InChI is InChI=1S/C35H39N3O8/c1-21(31(40)37-29(33(42)43)18-22-12-6-5-7-13-22)36-32(41)28(19-30(39)46-35(2,3)4)38-34(44)45-20-27-25-16-10-8-14-23(25)24-15-9-11-17-26(24)27/h5-17,21,27-29H,18-20H2,1-4H3,(H,36,41)(H,37,40)(H,38,44)(H,42,43)/t21-,28+,29-/m0/s1. The van der Waals surface area contributed by atoms with Crippen molar-refractivity contribution in [2.24, 2.45) is 0 Å². The third-order valence-electron chi connectivity index (χ3n) is 7.39. The molecule has 46 heavy (non-hydrogen) atoms. The van der Waals surface area contributed by atoms with Crippen LogP contribution in [0, 0.1) is 0 Å². The van der Waals surface area contributed by atoms with E-state index in [1.54, 1.807) is 51.1 Å². The summed E-state index contributed by atoms with van der Waals surface area (Å²) in [5.41, 5.74) is 3.97. The van der Waals surface area contributed by atoms with Gasteiger partial charge in [0.2, 0.25) is 11.8 Å². The molecule has 11 heteroatoms. The molecular formula is C35H39N3O8. The lowest BCUT2D eigenvalue weighted by atomic mass is 9.98. The number of amides is 3. The first-order chi connectivity index (χ1) is 21.8. The molecule has 3 amide bonds. The van der Waals surface area contributed by atoms with Crippen molar-refractivity contribution in [3.05, 3.63) is 95.6 Å². The summed E-state index contributed by atoms with van der Waals surface area (Å²) in [5, 5.41) is 17.0. The van der Waals surface area contributed by atoms with Gasteiger partial charge < -0.3 is 30.5 Å². The summed E-state index contributed by atoms with van der Waals surface area (Å²) in [6, 6.07) is 20.6. The maximum Gasteiger partial charge on any atom is 0.407 e. The van der Waals surface area contributed by atoms with E-state index in [9.17, 15) is 29.1 Å². The SMILES string of the molecule is C[C@H](NC(=O)[C@@H](CC(=O)OC(C)(C)C)NC(=O)OCC1c2ccccc2-c2ccccc21)C(=O)N[C@@H](Cc1ccccc1)C(=O)O. The van der Waals surface area contributed by atoms with Crippen molar-refractivity contribution in [2.75, 3.05) is 6.61 Å². The van der Waals surface area contributed by atoms with E-state index in [1.165, 1.54) is 6.92 Å². The summed E-state index contributed by atoms with van der Waals surface area (Å²) >= 11 is 0. The molecule has 4 N–H and O–H groups in total. The van der Waals surface area contributed by atoms with Crippen LogP contribution in [0.15, 0.2) is 78.9 Å². The van der Waals surface area contributed by atoms with Gasteiger partial charge in [-0.25, -0.2) is 9.59 Å². The molecule has 0 bridgehead atoms. The number of hydrogen-bond acceptors (Lipinski definition) is 7. The van der Waals surface area contributed by atoms with Gasteiger partial charge in [0.05, 0.1) is 6.42 Å². The third kappa shape index (κ3) is 8.93. The highest BCUT2D eigenvalue weighted by Crippen LogP contribution is 2.44. The van der Waals surface area contributed by atoms with E-state index in [1.807, 2.05) is 48.5 Å². The summed E-state index contributed by atoms with van der Waals surface area (Å²) in [6.07, 6.45) is -1.43. The molecule has 0 unspecified atom stereocenters. The van der Waals surface area contributed by atoms with Gasteiger partial charge in [0.1, 0.15) is 30.3 Å². The zero-order valence-corrected chi connectivity index (χ0v) is 26.2. The number of rotatable bonds is 12. The molecule has 0 aromatic heterocycles. The molecule has 1 aliphatic rings. The molecule has 3 atom stereocenters. The predicted molar refractivity (Wildman–Crippen MR) is 170 cm³/mol. The maximum atomic E-state index is 13.3. The molecule has 4 rings (SSSR count). The molecule has 0 radical (unpaired) electrons. The minimum atomic E-state index is -1.44. The minimum Gasteiger partial charge on any atom is -0.480 e. The Bertz CT molecular complexity index is 1540. The van der Waals surface area contributed by atoms with Crippen LogP contribution >= 0.6 is 0 Å². The fourth-order valence-electron chi connectivity index (χ4n) is 5.27. The van der Waals surface area contributed by atoms with E-state index in [2.05, 4.69) is 16.0 Å². The lowest BCUT2D eigenvalue weighted by molar-refractivity contribution is -0.156. The molecule has 3 aromatic carbocycles. The Morgan fingerprint density at radius 3 is 1.89 bits per heavy atom. The van der Waals surface area contributed by atoms with Crippen molar-refractivity contribution >= 4 is 29.8 Å². The van der Waals surface area contributed by atoms with Crippen molar-refractivity contribution in [1.29, 1.82) is 0 Å². The van der Waals surface area contributed by atoms with Crippen molar-refractivity contribution < 1.29 is 38.6 Å². The molecule has 0 aliphatic heterocycles. The fourth-order valence-corrected chi connectivity index (χ4v) is 5.27. The number of alkyl carbamates (subject to hydrolysis) is 1. The van der Waals surface area contributed by atoms with Crippen LogP contribution < -0.4 is 16.0 Å². The molecular weight excluding hydrogens is 590 g/mol. The Labute approximate surface area is 267 Å². The zero-order chi connectivity index (χ0) is 33.4. The van der Waals surface area contributed by atoms with Gasteiger partial charge in [-0.1, -0.05) is 78.9 Å². The van der Waals surface area contributed by atoms with E-state index in [0.29, 0.717) is 5.56 Å². The van der Waals surface area contributed by atoms with Crippen LogP contribution in [0.2, 0.25) is 0 Å². The largest absolute Gasteiger partial charge is 0.480 e. The van der Waals surface area contributed by atoms with Crippen LogP contribution in [-0.2, 0) is 35.1 Å². The van der Waals surface area contributed by atoms with Gasteiger partial charge in [-0.3, -0.25) is 14.4 Å². The average molecular weight is 630 g/mol. The Morgan fingerprint density at radius 1 is 0.761 bits per heavy atom. The maximum absolute atomic E-state index is 13.3. The minimum absolute atomic E-state index is 0.0164. The summed E-state index contributed by atoms with van der Waals surface area (Å²) in [6.45, 7) is 6.35. The van der Waals surface area contributed by atoms with Gasteiger partial charge in [-0.2, -0.15) is 0 Å². The van der Waals surface area contributed by atoms with Gasteiger partial charge in [-0.15, -0.1) is 0 Å². The number of benzene rings is 3. The van der Waals surface area contributed by atoms with Gasteiger partial charge in [0.25, 0.3) is 0 Å². The zero-order valence-electron chi connectivity index (χ0n) is 26.2. The lowest BCUT2D eigenvalue weighted by Crippen LogP contribution is -2.55. The Morgan fingerprint density at radius 2 is 1.33 bits per heavy atom. The quantitative estimate of drug-likeness (QED) is 0.219. The molecule has 0 fully saturated rings. The lowest BCUT2D eigenvalue weighted by Gasteiger charge is -2.24.